The van der Waals surface area contributed by atoms with Gasteiger partial charge < -0.3 is 0 Å². The quantitative estimate of drug-likeness (QED) is 0.409. The van der Waals surface area contributed by atoms with Crippen LogP contribution in [-0.4, -0.2) is 0 Å². The van der Waals surface area contributed by atoms with E-state index >= 15 is 0 Å². The molecule has 4 aliphatic rings. The second kappa shape index (κ2) is 5.01. The summed E-state index contributed by atoms with van der Waals surface area (Å²) in [6.45, 7) is 15.4. The molecule has 134 valence electrons. The number of allylic oxidation sites excluding steroid dienone is 4. The minimum absolute atomic E-state index is 0.434. The van der Waals surface area contributed by atoms with Gasteiger partial charge in [-0.25, -0.2) is 0 Å². The van der Waals surface area contributed by atoms with Crippen LogP contribution in [0.3, 0.4) is 0 Å². The highest BCUT2D eigenvalue weighted by molar-refractivity contribution is 5.35. The lowest BCUT2D eigenvalue weighted by molar-refractivity contribution is -0.0655. The standard InChI is InChI=1S/C24H38/c1-17-8-7-11-23(5)18(17)9-10-19-20-16-21(2,3)12-13-22(20,4)14-15-24(19,23)6/h8,10,18,20H,7,9,11-16H2,1-6H3. The summed E-state index contributed by atoms with van der Waals surface area (Å²) in [5.74, 6) is 1.63. The van der Waals surface area contributed by atoms with E-state index in [9.17, 15) is 0 Å². The van der Waals surface area contributed by atoms with Gasteiger partial charge >= 0.3 is 0 Å². The average Bonchev–Trinajstić information content (AvgIpc) is 2.50. The van der Waals surface area contributed by atoms with E-state index in [2.05, 4.69) is 53.7 Å². The van der Waals surface area contributed by atoms with Crippen molar-refractivity contribution in [2.75, 3.05) is 0 Å². The Morgan fingerprint density at radius 3 is 2.29 bits per heavy atom. The Bertz CT molecular complexity index is 606. The molecule has 4 rings (SSSR count). The molecule has 0 aromatic rings. The SMILES string of the molecule is CC1=CCCC2(C)C1CC=C1C3CC(C)(C)CCC3(C)CCC12C. The van der Waals surface area contributed by atoms with Crippen LogP contribution in [0.2, 0.25) is 0 Å². The maximum atomic E-state index is 2.73. The van der Waals surface area contributed by atoms with E-state index in [0.29, 0.717) is 21.7 Å². The molecule has 0 aliphatic heterocycles. The van der Waals surface area contributed by atoms with Crippen molar-refractivity contribution in [1.29, 1.82) is 0 Å². The molecule has 0 saturated heterocycles. The third-order valence-corrected chi connectivity index (χ3v) is 9.46. The van der Waals surface area contributed by atoms with Crippen LogP contribution in [0.1, 0.15) is 92.9 Å². The van der Waals surface area contributed by atoms with E-state index in [1.54, 1.807) is 5.57 Å². The lowest BCUT2D eigenvalue weighted by Crippen LogP contribution is -2.56. The van der Waals surface area contributed by atoms with Crippen LogP contribution in [0.25, 0.3) is 0 Å². The zero-order chi connectivity index (χ0) is 17.4. The second-order valence-corrected chi connectivity index (χ2v) is 11.3. The lowest BCUT2D eigenvalue weighted by atomic mass is 9.39. The van der Waals surface area contributed by atoms with E-state index < -0.39 is 0 Å². The summed E-state index contributed by atoms with van der Waals surface area (Å²) < 4.78 is 0. The number of fused-ring (bicyclic) bond motifs is 5. The molecule has 0 aromatic carbocycles. The van der Waals surface area contributed by atoms with Gasteiger partial charge in [0.15, 0.2) is 0 Å². The Balaban J connectivity index is 1.79. The van der Waals surface area contributed by atoms with Gasteiger partial charge in [0.1, 0.15) is 0 Å². The van der Waals surface area contributed by atoms with E-state index in [0.717, 1.165) is 11.8 Å². The minimum Gasteiger partial charge on any atom is -0.0853 e. The van der Waals surface area contributed by atoms with Gasteiger partial charge in [-0.05, 0) is 91.8 Å². The van der Waals surface area contributed by atoms with Gasteiger partial charge in [-0.1, -0.05) is 57.9 Å². The molecule has 5 unspecified atom stereocenters. The monoisotopic (exact) mass is 326 g/mol. The smallest absolute Gasteiger partial charge is 0.00535 e. The molecule has 0 heteroatoms. The third kappa shape index (κ3) is 2.10. The molecular weight excluding hydrogens is 288 g/mol. The van der Waals surface area contributed by atoms with E-state index in [4.69, 9.17) is 0 Å². The van der Waals surface area contributed by atoms with Crippen molar-refractivity contribution in [3.05, 3.63) is 23.3 Å². The Labute approximate surface area is 150 Å². The van der Waals surface area contributed by atoms with Crippen LogP contribution >= 0.6 is 0 Å². The summed E-state index contributed by atoms with van der Waals surface area (Å²) >= 11 is 0. The molecule has 0 spiro atoms. The lowest BCUT2D eigenvalue weighted by Gasteiger charge is -2.65. The van der Waals surface area contributed by atoms with Crippen LogP contribution in [0, 0.1) is 33.5 Å². The van der Waals surface area contributed by atoms with Crippen molar-refractivity contribution in [3.8, 4) is 0 Å². The summed E-state index contributed by atoms with van der Waals surface area (Å²) in [6.07, 6.45) is 16.4. The molecule has 0 nitrogen and oxygen atoms in total. The van der Waals surface area contributed by atoms with Crippen LogP contribution in [0.15, 0.2) is 23.3 Å². The molecule has 0 amide bonds. The molecule has 24 heavy (non-hydrogen) atoms. The van der Waals surface area contributed by atoms with Crippen LogP contribution < -0.4 is 0 Å². The highest BCUT2D eigenvalue weighted by atomic mass is 14.6. The molecule has 2 fully saturated rings. The average molecular weight is 327 g/mol. The predicted octanol–water partition coefficient (Wildman–Crippen LogP) is 7.31. The number of rotatable bonds is 0. The fraction of sp³-hybridized carbons (Fsp3) is 0.833. The first kappa shape index (κ1) is 16.9. The minimum atomic E-state index is 0.434. The van der Waals surface area contributed by atoms with Gasteiger partial charge in [0.05, 0.1) is 0 Å². The molecule has 0 radical (unpaired) electrons. The van der Waals surface area contributed by atoms with Gasteiger partial charge in [0.2, 0.25) is 0 Å². The van der Waals surface area contributed by atoms with Crippen molar-refractivity contribution >= 4 is 0 Å². The zero-order valence-corrected chi connectivity index (χ0v) is 17.0. The Morgan fingerprint density at radius 2 is 1.54 bits per heavy atom. The van der Waals surface area contributed by atoms with Crippen molar-refractivity contribution in [1.82, 2.24) is 0 Å². The van der Waals surface area contributed by atoms with Crippen molar-refractivity contribution < 1.29 is 0 Å². The highest BCUT2D eigenvalue weighted by Crippen LogP contribution is 2.70. The third-order valence-electron chi connectivity index (χ3n) is 9.46. The summed E-state index contributed by atoms with van der Waals surface area (Å²) in [7, 11) is 0. The number of hydrogen-bond acceptors (Lipinski definition) is 0. The first-order chi connectivity index (χ1) is 11.1. The number of hydrogen-bond donors (Lipinski definition) is 0. The summed E-state index contributed by atoms with van der Waals surface area (Å²) in [5, 5.41) is 0. The van der Waals surface area contributed by atoms with Crippen LogP contribution in [0.4, 0.5) is 0 Å². The molecule has 0 N–H and O–H groups in total. The van der Waals surface area contributed by atoms with Crippen LogP contribution in [-0.2, 0) is 0 Å². The maximum Gasteiger partial charge on any atom is -0.00535 e. The molecule has 0 bridgehead atoms. The molecule has 0 heterocycles. The highest BCUT2D eigenvalue weighted by Gasteiger charge is 2.60. The van der Waals surface area contributed by atoms with Gasteiger partial charge in [-0.2, -0.15) is 0 Å². The first-order valence-electron chi connectivity index (χ1n) is 10.5. The van der Waals surface area contributed by atoms with Gasteiger partial charge in [0.25, 0.3) is 0 Å². The van der Waals surface area contributed by atoms with Gasteiger partial charge in [-0.15, -0.1) is 0 Å². The summed E-state index contributed by atoms with van der Waals surface area (Å²) in [6, 6.07) is 0. The van der Waals surface area contributed by atoms with Crippen molar-refractivity contribution in [3.63, 3.8) is 0 Å². The largest absolute Gasteiger partial charge is 0.0853 e. The predicted molar refractivity (Wildman–Crippen MR) is 104 cm³/mol. The first-order valence-corrected chi connectivity index (χ1v) is 10.5. The normalized spacial score (nSPS) is 50.1. The maximum absolute atomic E-state index is 2.73. The molecule has 2 saturated carbocycles. The zero-order valence-electron chi connectivity index (χ0n) is 17.0. The van der Waals surface area contributed by atoms with Crippen molar-refractivity contribution in [2.24, 2.45) is 33.5 Å². The van der Waals surface area contributed by atoms with Gasteiger partial charge in [0, 0.05) is 0 Å². The Hall–Kier alpha value is -0.520. The molecule has 5 atom stereocenters. The van der Waals surface area contributed by atoms with Crippen LogP contribution in [0.5, 0.6) is 0 Å². The summed E-state index contributed by atoms with van der Waals surface area (Å²) in [5.41, 5.74) is 5.59. The Kier molecular flexibility index (Phi) is 3.54. The van der Waals surface area contributed by atoms with Gasteiger partial charge in [-0.3, -0.25) is 0 Å². The fourth-order valence-corrected chi connectivity index (χ4v) is 7.30. The van der Waals surface area contributed by atoms with E-state index in [-0.39, 0.29) is 0 Å². The fourth-order valence-electron chi connectivity index (χ4n) is 7.30. The molecular formula is C24H38. The van der Waals surface area contributed by atoms with E-state index in [1.807, 2.05) is 5.57 Å². The summed E-state index contributed by atoms with van der Waals surface area (Å²) in [4.78, 5) is 0. The second-order valence-electron chi connectivity index (χ2n) is 11.3. The van der Waals surface area contributed by atoms with E-state index in [1.165, 1.54) is 51.4 Å². The Morgan fingerprint density at radius 1 is 0.833 bits per heavy atom. The molecule has 4 aliphatic carbocycles. The van der Waals surface area contributed by atoms with Crippen molar-refractivity contribution in [2.45, 2.75) is 92.9 Å². The topological polar surface area (TPSA) is 0 Å². The molecule has 0 aromatic heterocycles.